The van der Waals surface area contributed by atoms with E-state index in [4.69, 9.17) is 19.2 Å². The Kier molecular flexibility index (Phi) is 14.1. The van der Waals surface area contributed by atoms with E-state index in [0.717, 1.165) is 32.2 Å². The molecule has 0 bridgehead atoms. The third-order valence-electron chi connectivity index (χ3n) is 8.09. The average Bonchev–Trinajstić information content (AvgIpc) is 3.71. The molecule has 2 aromatic carbocycles. The minimum Gasteiger partial charge on any atom is -0.486 e. The second-order valence-corrected chi connectivity index (χ2v) is 22.0. The summed E-state index contributed by atoms with van der Waals surface area (Å²) in [5, 5.41) is 9.52. The molecule has 0 fully saturated rings. The molecule has 0 saturated heterocycles. The van der Waals surface area contributed by atoms with E-state index in [0.29, 0.717) is 47.1 Å². The average molecular weight is 802 g/mol. The van der Waals surface area contributed by atoms with Crippen LogP contribution in [0, 0.1) is 24.6 Å². The summed E-state index contributed by atoms with van der Waals surface area (Å²) in [6.45, 7) is 14.5. The van der Waals surface area contributed by atoms with E-state index in [2.05, 4.69) is 63.4 Å². The zero-order valence-electron chi connectivity index (χ0n) is 32.9. The van der Waals surface area contributed by atoms with Crippen LogP contribution in [-0.2, 0) is 16.2 Å². The van der Waals surface area contributed by atoms with Crippen molar-refractivity contribution in [2.24, 2.45) is 4.99 Å². The summed E-state index contributed by atoms with van der Waals surface area (Å²) in [5.74, 6) is 6.04. The number of hydrogen-bond donors (Lipinski definition) is 0. The lowest BCUT2D eigenvalue weighted by molar-refractivity contribution is 0.0520. The second-order valence-electron chi connectivity index (χ2n) is 14.4. The Balaban J connectivity index is 1.36. The third-order valence-corrected chi connectivity index (χ3v) is 11.9. The summed E-state index contributed by atoms with van der Waals surface area (Å²) in [6, 6.07) is 15.8. The van der Waals surface area contributed by atoms with Crippen molar-refractivity contribution in [2.75, 3.05) is 52.4 Å². The van der Waals surface area contributed by atoms with Crippen LogP contribution in [0.4, 0.5) is 21.2 Å². The lowest BCUT2D eigenvalue weighted by Crippen LogP contribution is -2.23. The van der Waals surface area contributed by atoms with Crippen molar-refractivity contribution in [1.82, 2.24) is 24.6 Å². The Morgan fingerprint density at radius 3 is 2.58 bits per heavy atom. The monoisotopic (exact) mass is 801 g/mol. The number of halogens is 1. The molecule has 5 aromatic rings. The zero-order valence-corrected chi connectivity index (χ0v) is 35.5. The van der Waals surface area contributed by atoms with E-state index in [1.807, 2.05) is 58.1 Å². The van der Waals surface area contributed by atoms with Gasteiger partial charge >= 0.3 is 5.97 Å². The zero-order chi connectivity index (χ0) is 39.7. The Morgan fingerprint density at radius 2 is 1.87 bits per heavy atom. The molecular weight excluding hydrogens is 754 g/mol. The molecule has 290 valence electrons. The number of aromatic nitrogens is 4. The topological polar surface area (TPSA) is 107 Å². The second kappa shape index (κ2) is 18.7. The minimum atomic E-state index is -1.22. The van der Waals surface area contributed by atoms with Gasteiger partial charge in [0.25, 0.3) is 0 Å². The molecule has 0 spiro atoms. The van der Waals surface area contributed by atoms with Gasteiger partial charge in [0.05, 0.1) is 28.2 Å². The van der Waals surface area contributed by atoms with E-state index in [9.17, 15) is 9.18 Å². The van der Waals surface area contributed by atoms with Gasteiger partial charge in [0.1, 0.15) is 13.3 Å². The van der Waals surface area contributed by atoms with Crippen LogP contribution >= 0.6 is 22.7 Å². The van der Waals surface area contributed by atoms with Crippen LogP contribution in [0.2, 0.25) is 25.7 Å². The van der Waals surface area contributed by atoms with Gasteiger partial charge in [0.15, 0.2) is 38.8 Å². The maximum absolute atomic E-state index is 14.8. The number of anilines is 2. The first kappa shape index (κ1) is 41.4. The van der Waals surface area contributed by atoms with Crippen molar-refractivity contribution in [3.8, 4) is 17.6 Å². The van der Waals surface area contributed by atoms with Gasteiger partial charge in [-0.05, 0) is 94.5 Å². The number of benzene rings is 2. The number of ether oxygens (including phenoxy) is 3. The molecule has 0 radical (unpaired) electrons. The third kappa shape index (κ3) is 11.4. The maximum atomic E-state index is 14.8. The number of carbonyl (C=O) groups is 1. The van der Waals surface area contributed by atoms with Crippen molar-refractivity contribution < 1.29 is 23.4 Å². The Hall–Kier alpha value is -4.72. The Morgan fingerprint density at radius 1 is 1.09 bits per heavy atom. The number of nitrogens with zero attached hydrogens (tertiary/aromatic N) is 7. The first-order valence-corrected chi connectivity index (χ1v) is 23.3. The molecule has 0 unspecified atom stereocenters. The fourth-order valence-electron chi connectivity index (χ4n) is 5.05. The van der Waals surface area contributed by atoms with Gasteiger partial charge in [-0.25, -0.2) is 14.2 Å². The van der Waals surface area contributed by atoms with Gasteiger partial charge in [-0.1, -0.05) is 66.3 Å². The summed E-state index contributed by atoms with van der Waals surface area (Å²) in [5.41, 5.74) is 3.35. The van der Waals surface area contributed by atoms with Crippen LogP contribution in [0.15, 0.2) is 59.1 Å². The maximum Gasteiger partial charge on any atom is 0.358 e. The molecule has 0 aliphatic rings. The fraction of sp³-hybridized carbons (Fsp3) is 0.375. The summed E-state index contributed by atoms with van der Waals surface area (Å²) in [6.07, 6.45) is 1.80. The van der Waals surface area contributed by atoms with Crippen molar-refractivity contribution in [1.29, 1.82) is 0 Å². The smallest absolute Gasteiger partial charge is 0.358 e. The lowest BCUT2D eigenvalue weighted by atomic mass is 10.2. The van der Waals surface area contributed by atoms with E-state index in [-0.39, 0.29) is 24.7 Å². The van der Waals surface area contributed by atoms with Gasteiger partial charge in [-0.3, -0.25) is 9.47 Å². The van der Waals surface area contributed by atoms with Crippen LogP contribution < -0.4 is 14.4 Å². The van der Waals surface area contributed by atoms with E-state index >= 15 is 0 Å². The number of hydrogen-bond acceptors (Lipinski definition) is 12. The summed E-state index contributed by atoms with van der Waals surface area (Å²) in [7, 11) is 4.43. The molecular formula is C40H48FN7O4S2Si. The molecule has 0 saturated carbocycles. The molecule has 3 aromatic heterocycles. The number of fused-ring (bicyclic) bond motifs is 1. The molecule has 15 heteroatoms. The Labute approximate surface area is 331 Å². The predicted octanol–water partition coefficient (Wildman–Crippen LogP) is 8.28. The largest absolute Gasteiger partial charge is 0.486 e. The highest BCUT2D eigenvalue weighted by Gasteiger charge is 2.22. The van der Waals surface area contributed by atoms with Crippen molar-refractivity contribution in [2.45, 2.75) is 53.2 Å². The van der Waals surface area contributed by atoms with Gasteiger partial charge in [-0.15, -0.1) is 10.2 Å². The molecule has 3 heterocycles. The summed E-state index contributed by atoms with van der Waals surface area (Å²) >= 11 is 2.87. The highest BCUT2D eigenvalue weighted by molar-refractivity contribution is 7.17. The molecule has 11 nitrogen and oxygen atoms in total. The molecule has 5 rings (SSSR count). The SMILES string of the molecule is CCOC(=O)c1nc(N(C)c2cc(C)c(/N=c3\sc4ccccc4n3COCC[Si](C)(C)C)nn2)sc1/C=C(\C)COc1ccc(C#CCN(C)C)cc1F. The lowest BCUT2D eigenvalue weighted by Gasteiger charge is -2.16. The number of carbonyl (C=O) groups excluding carboxylic acids is 1. The molecule has 55 heavy (non-hydrogen) atoms. The summed E-state index contributed by atoms with van der Waals surface area (Å²) in [4.78, 5) is 27.6. The number of para-hydroxylation sites is 1. The van der Waals surface area contributed by atoms with Crippen LogP contribution in [-0.4, -0.2) is 86.2 Å². The van der Waals surface area contributed by atoms with Crippen LogP contribution in [0.3, 0.4) is 0 Å². The van der Waals surface area contributed by atoms with Crippen LogP contribution in [0.25, 0.3) is 16.3 Å². The number of aryl methyl sites for hydroxylation is 1. The number of esters is 1. The summed E-state index contributed by atoms with van der Waals surface area (Å²) < 4.78 is 35.2. The van der Waals surface area contributed by atoms with Gasteiger partial charge in [0, 0.05) is 27.3 Å². The van der Waals surface area contributed by atoms with E-state index < -0.39 is 19.9 Å². The predicted molar refractivity (Wildman–Crippen MR) is 223 cm³/mol. The number of thiazole rings is 2. The van der Waals surface area contributed by atoms with Gasteiger partial charge in [0.2, 0.25) is 0 Å². The Bertz CT molecular complexity index is 2300. The first-order chi connectivity index (χ1) is 26.2. The van der Waals surface area contributed by atoms with Crippen LogP contribution in [0.5, 0.6) is 5.75 Å². The highest BCUT2D eigenvalue weighted by Crippen LogP contribution is 2.33. The molecule has 0 aliphatic carbocycles. The first-order valence-electron chi connectivity index (χ1n) is 17.9. The van der Waals surface area contributed by atoms with Gasteiger partial charge < -0.3 is 19.1 Å². The van der Waals surface area contributed by atoms with E-state index in [1.54, 1.807) is 41.4 Å². The molecule has 0 aliphatic heterocycles. The molecule has 0 N–H and O–H groups in total. The fourth-order valence-corrected chi connectivity index (χ4v) is 7.88. The van der Waals surface area contributed by atoms with Crippen molar-refractivity contribution >= 4 is 69.8 Å². The van der Waals surface area contributed by atoms with Crippen molar-refractivity contribution in [3.63, 3.8) is 0 Å². The highest BCUT2D eigenvalue weighted by atomic mass is 32.1. The standard InChI is InChI=1S/C40H48FN7O4S2Si/c1-10-51-38(49)36-34(22-27(2)25-52-32-18-17-29(24-30(32)41)14-13-19-46(4)5)54-39(42-36)47(6)35-23-28(3)37(45-44-35)43-40-48(26-50-20-21-55(7,8)9)31-15-11-12-16-33(31)53-40/h11-12,15-18,22-24H,10,19-21,25-26H2,1-9H3/b27-22+,43-40-. The normalized spacial score (nSPS) is 12.3. The number of rotatable bonds is 15. The van der Waals surface area contributed by atoms with Crippen LogP contribution in [0.1, 0.15) is 40.3 Å². The van der Waals surface area contributed by atoms with E-state index in [1.165, 1.54) is 17.4 Å². The minimum absolute atomic E-state index is 0.0912. The molecule has 0 amide bonds. The van der Waals surface area contributed by atoms with Crippen molar-refractivity contribution in [3.05, 3.63) is 86.4 Å². The molecule has 0 atom stereocenters. The quantitative estimate of drug-likeness (QED) is 0.0448. The van der Waals surface area contributed by atoms with Gasteiger partial charge in [-0.2, -0.15) is 4.99 Å².